The molecule has 5 nitrogen and oxygen atoms in total. The first-order valence-corrected chi connectivity index (χ1v) is 11.3. The van der Waals surface area contributed by atoms with Crippen molar-refractivity contribution in [2.75, 3.05) is 18.6 Å². The highest BCUT2D eigenvalue weighted by atomic mass is 32.2. The number of nitrogens with two attached hydrogens (primary N) is 2. The molecule has 1 aliphatic heterocycles. The maximum Gasteiger partial charge on any atom is 0.180 e. The summed E-state index contributed by atoms with van der Waals surface area (Å²) in [5, 5.41) is 1.88. The fraction of sp³-hybridized carbons (Fsp3) is 0.240. The van der Waals surface area contributed by atoms with E-state index in [1.54, 1.807) is 12.1 Å². The van der Waals surface area contributed by atoms with Gasteiger partial charge in [-0.15, -0.1) is 0 Å². The number of allylic oxidation sites excluding steroid dienone is 2. The van der Waals surface area contributed by atoms with Crippen molar-refractivity contribution in [3.63, 3.8) is 0 Å². The normalized spacial score (nSPS) is 15.8. The van der Waals surface area contributed by atoms with Crippen molar-refractivity contribution in [3.8, 4) is 0 Å². The number of aliphatic imine (C=N–C) groups is 1. The molecule has 0 aromatic heterocycles. The van der Waals surface area contributed by atoms with Gasteiger partial charge in [-0.1, -0.05) is 62.0 Å². The van der Waals surface area contributed by atoms with Gasteiger partial charge >= 0.3 is 0 Å². The van der Waals surface area contributed by atoms with Crippen molar-refractivity contribution >= 4 is 23.3 Å². The lowest BCUT2D eigenvalue weighted by Gasteiger charge is -2.32. The lowest BCUT2D eigenvalue weighted by atomic mass is 10.1. The highest BCUT2D eigenvalue weighted by Gasteiger charge is 2.26. The van der Waals surface area contributed by atoms with Crippen LogP contribution in [0.15, 0.2) is 93.1 Å². The third kappa shape index (κ3) is 5.60. The number of fused-ring (bicyclic) bond motifs is 1. The molecule has 7 heteroatoms. The average molecular weight is 452 g/mol. The number of hydrogen-bond acceptors (Lipinski definition) is 6. The molecule has 2 aromatic rings. The molecule has 1 aliphatic rings. The van der Waals surface area contributed by atoms with Crippen molar-refractivity contribution < 1.29 is 4.39 Å². The number of halogens is 1. The van der Waals surface area contributed by atoms with Crippen LogP contribution < -0.4 is 16.6 Å². The SMILES string of the molecule is C/C=C\C(=C/C(C)C)CN(C)C1=N/C(=C(/N)Sc2cccc(F)c2)N(N)c2ccccc21. The fourth-order valence-electron chi connectivity index (χ4n) is 3.52. The van der Waals surface area contributed by atoms with E-state index in [0.29, 0.717) is 28.2 Å². The fourth-order valence-corrected chi connectivity index (χ4v) is 4.33. The van der Waals surface area contributed by atoms with E-state index in [1.807, 2.05) is 44.3 Å². The van der Waals surface area contributed by atoms with Gasteiger partial charge in [-0.3, -0.25) is 5.01 Å². The van der Waals surface area contributed by atoms with Gasteiger partial charge in [-0.25, -0.2) is 15.2 Å². The van der Waals surface area contributed by atoms with Gasteiger partial charge in [0.15, 0.2) is 5.82 Å². The Morgan fingerprint density at radius 1 is 1.22 bits per heavy atom. The van der Waals surface area contributed by atoms with E-state index in [0.717, 1.165) is 17.1 Å². The molecule has 0 spiro atoms. The minimum Gasteiger partial charge on any atom is -0.390 e. The second-order valence-corrected chi connectivity index (χ2v) is 9.03. The van der Waals surface area contributed by atoms with Crippen LogP contribution in [0.5, 0.6) is 0 Å². The molecule has 0 radical (unpaired) electrons. The van der Waals surface area contributed by atoms with Gasteiger partial charge in [0.1, 0.15) is 16.7 Å². The monoisotopic (exact) mass is 451 g/mol. The highest BCUT2D eigenvalue weighted by Crippen LogP contribution is 2.34. The van der Waals surface area contributed by atoms with Crippen molar-refractivity contribution in [1.82, 2.24) is 4.90 Å². The molecule has 4 N–H and O–H groups in total. The molecular weight excluding hydrogens is 421 g/mol. The first-order valence-electron chi connectivity index (χ1n) is 10.5. The van der Waals surface area contributed by atoms with Crippen molar-refractivity contribution in [2.24, 2.45) is 22.5 Å². The van der Waals surface area contributed by atoms with Crippen molar-refractivity contribution in [2.45, 2.75) is 25.7 Å². The maximum absolute atomic E-state index is 13.6. The summed E-state index contributed by atoms with van der Waals surface area (Å²) in [4.78, 5) is 7.63. The smallest absolute Gasteiger partial charge is 0.180 e. The number of benzene rings is 2. The molecule has 0 bridgehead atoms. The second-order valence-electron chi connectivity index (χ2n) is 7.91. The first-order chi connectivity index (χ1) is 15.3. The van der Waals surface area contributed by atoms with E-state index in [-0.39, 0.29) is 5.82 Å². The number of hydrogen-bond donors (Lipinski definition) is 2. The van der Waals surface area contributed by atoms with Gasteiger partial charge in [0.05, 0.1) is 5.69 Å². The summed E-state index contributed by atoms with van der Waals surface area (Å²) < 4.78 is 13.6. The van der Waals surface area contributed by atoms with Crippen molar-refractivity contribution in [1.29, 1.82) is 0 Å². The predicted molar refractivity (Wildman–Crippen MR) is 133 cm³/mol. The standard InChI is InChI=1S/C25H30FN5S/c1-5-9-18(14-17(2)3)16-30(4)24-21-12-6-7-13-22(21)31(28)25(29-24)23(27)32-20-11-8-10-19(26)15-20/h5-15,17H,16,27-28H2,1-4H3/b9-5-,18-14+,25-23+. The van der Waals surface area contributed by atoms with Gasteiger partial charge in [-0.05, 0) is 48.7 Å². The minimum absolute atomic E-state index is 0.316. The van der Waals surface area contributed by atoms with Gasteiger partial charge in [0.25, 0.3) is 0 Å². The largest absolute Gasteiger partial charge is 0.390 e. The summed E-state index contributed by atoms with van der Waals surface area (Å²) in [5.74, 6) is 7.74. The Labute approximate surface area is 194 Å². The van der Waals surface area contributed by atoms with E-state index in [4.69, 9.17) is 16.6 Å². The number of nitrogens with zero attached hydrogens (tertiary/aromatic N) is 3. The molecule has 0 atom stereocenters. The van der Waals surface area contributed by atoms with Crippen molar-refractivity contribution in [3.05, 3.63) is 94.6 Å². The molecule has 0 saturated carbocycles. The zero-order valence-corrected chi connectivity index (χ0v) is 19.7. The average Bonchev–Trinajstić information content (AvgIpc) is 2.73. The maximum atomic E-state index is 13.6. The van der Waals surface area contributed by atoms with Crippen LogP contribution in [-0.2, 0) is 0 Å². The van der Waals surface area contributed by atoms with Crippen LogP contribution in [-0.4, -0.2) is 24.3 Å². The zero-order chi connectivity index (χ0) is 23.3. The molecule has 2 aromatic carbocycles. The van der Waals surface area contributed by atoms with Gasteiger partial charge in [0.2, 0.25) is 0 Å². The number of likely N-dealkylation sites (N-methyl/N-ethyl adjacent to an activating group) is 1. The zero-order valence-electron chi connectivity index (χ0n) is 18.9. The summed E-state index contributed by atoms with van der Waals surface area (Å²) in [6, 6.07) is 14.1. The van der Waals surface area contributed by atoms with Crippen LogP contribution in [0, 0.1) is 11.7 Å². The van der Waals surface area contributed by atoms with E-state index >= 15 is 0 Å². The highest BCUT2D eigenvalue weighted by molar-refractivity contribution is 8.03. The molecule has 32 heavy (non-hydrogen) atoms. The molecule has 1 heterocycles. The third-order valence-corrected chi connectivity index (χ3v) is 5.69. The number of amidine groups is 1. The predicted octanol–water partition coefficient (Wildman–Crippen LogP) is 5.23. The van der Waals surface area contributed by atoms with E-state index in [9.17, 15) is 4.39 Å². The molecule has 0 saturated heterocycles. The van der Waals surface area contributed by atoms with Gasteiger partial charge < -0.3 is 10.6 Å². The Morgan fingerprint density at radius 3 is 2.66 bits per heavy atom. The molecule has 3 rings (SSSR count). The Hall–Kier alpha value is -3.03. The third-order valence-electron chi connectivity index (χ3n) is 4.80. The number of rotatable bonds is 6. The van der Waals surface area contributed by atoms with Crippen LogP contribution >= 0.6 is 11.8 Å². The topological polar surface area (TPSA) is 70.9 Å². The second kappa shape index (κ2) is 10.5. The Bertz CT molecular complexity index is 1090. The molecule has 0 fully saturated rings. The van der Waals surface area contributed by atoms with E-state index in [1.165, 1.54) is 34.5 Å². The van der Waals surface area contributed by atoms with Crippen LogP contribution in [0.3, 0.4) is 0 Å². The molecule has 168 valence electrons. The lowest BCUT2D eigenvalue weighted by Crippen LogP contribution is -2.40. The Balaban J connectivity index is 2.02. The summed E-state index contributed by atoms with van der Waals surface area (Å²) in [5.41, 5.74) is 9.34. The molecule has 0 aliphatic carbocycles. The summed E-state index contributed by atoms with van der Waals surface area (Å²) >= 11 is 1.23. The quantitative estimate of drug-likeness (QED) is 0.357. The molecule has 0 unspecified atom stereocenters. The minimum atomic E-state index is -0.316. The van der Waals surface area contributed by atoms with Gasteiger partial charge in [-0.2, -0.15) is 0 Å². The Kier molecular flexibility index (Phi) is 7.77. The number of thioether (sulfide) groups is 1. The summed E-state index contributed by atoms with van der Waals surface area (Å²) in [7, 11) is 2.01. The first kappa shape index (κ1) is 23.6. The molecule has 0 amide bonds. The number of para-hydroxylation sites is 1. The van der Waals surface area contributed by atoms with Crippen LogP contribution in [0.25, 0.3) is 0 Å². The number of hydrazine groups is 1. The summed E-state index contributed by atoms with van der Waals surface area (Å²) in [6.45, 7) is 7.02. The summed E-state index contributed by atoms with van der Waals surface area (Å²) in [6.07, 6.45) is 6.40. The number of anilines is 1. The van der Waals surface area contributed by atoms with Crippen LogP contribution in [0.1, 0.15) is 26.3 Å². The van der Waals surface area contributed by atoms with E-state index < -0.39 is 0 Å². The van der Waals surface area contributed by atoms with Crippen LogP contribution in [0.2, 0.25) is 0 Å². The van der Waals surface area contributed by atoms with Gasteiger partial charge in [0, 0.05) is 24.1 Å². The van der Waals surface area contributed by atoms with E-state index in [2.05, 4.69) is 30.9 Å². The Morgan fingerprint density at radius 2 is 1.97 bits per heavy atom. The lowest BCUT2D eigenvalue weighted by molar-refractivity contribution is 0.549. The molecular formula is C25H30FN5S. The van der Waals surface area contributed by atoms with Crippen LogP contribution in [0.4, 0.5) is 10.1 Å².